The highest BCUT2D eigenvalue weighted by Crippen LogP contribution is 2.40. The third-order valence-electron chi connectivity index (χ3n) is 2.91. The third-order valence-corrected chi connectivity index (χ3v) is 3.76. The van der Waals surface area contributed by atoms with Crippen LogP contribution in [-0.2, 0) is 0 Å². The van der Waals surface area contributed by atoms with Crippen molar-refractivity contribution in [3.8, 4) is 0 Å². The Morgan fingerprint density at radius 3 is 2.62 bits per heavy atom. The molecule has 1 fully saturated rings. The Morgan fingerprint density at radius 2 is 2.08 bits per heavy atom. The highest BCUT2D eigenvalue weighted by molar-refractivity contribution is 9.10. The molecule has 1 aliphatic carbocycles. The topological polar surface area (TPSA) is 26.0 Å². The average Bonchev–Trinajstić information content (AvgIpc) is 1.96. The molecule has 2 rings (SSSR count). The Kier molecular flexibility index (Phi) is 2.33. The molecule has 13 heavy (non-hydrogen) atoms. The summed E-state index contributed by atoms with van der Waals surface area (Å²) in [5.74, 6) is 0.719. The van der Waals surface area contributed by atoms with E-state index < -0.39 is 0 Å². The molecule has 1 saturated carbocycles. The number of rotatable bonds is 1. The maximum atomic E-state index is 5.98. The lowest BCUT2D eigenvalue weighted by atomic mass is 9.79. The smallest absolute Gasteiger partial charge is 0.0352 e. The van der Waals surface area contributed by atoms with Crippen LogP contribution in [0.4, 0.5) is 5.69 Å². The summed E-state index contributed by atoms with van der Waals surface area (Å²) in [7, 11) is 0. The van der Waals surface area contributed by atoms with Gasteiger partial charge in [-0.15, -0.1) is 0 Å². The van der Waals surface area contributed by atoms with Gasteiger partial charge in [0, 0.05) is 10.2 Å². The Bertz CT molecular complexity index is 329. The van der Waals surface area contributed by atoms with Gasteiger partial charge in [-0.3, -0.25) is 0 Å². The fraction of sp³-hybridized carbons (Fsp3) is 0.455. The SMILES string of the molecule is Cc1cc(N)c(C2CCC2)cc1Br. The Morgan fingerprint density at radius 1 is 1.38 bits per heavy atom. The molecule has 0 aromatic heterocycles. The summed E-state index contributed by atoms with van der Waals surface area (Å²) in [6.45, 7) is 2.07. The molecular formula is C11H14BrN. The number of hydrogen-bond acceptors (Lipinski definition) is 1. The zero-order chi connectivity index (χ0) is 9.42. The van der Waals surface area contributed by atoms with Crippen LogP contribution >= 0.6 is 15.9 Å². The highest BCUT2D eigenvalue weighted by Gasteiger charge is 2.21. The van der Waals surface area contributed by atoms with Crippen LogP contribution in [0, 0.1) is 6.92 Å². The molecule has 0 unspecified atom stereocenters. The van der Waals surface area contributed by atoms with E-state index in [2.05, 4.69) is 35.0 Å². The largest absolute Gasteiger partial charge is 0.398 e. The predicted molar refractivity (Wildman–Crippen MR) is 59.9 cm³/mol. The van der Waals surface area contributed by atoms with Crippen LogP contribution in [0.15, 0.2) is 16.6 Å². The second kappa shape index (κ2) is 3.33. The maximum absolute atomic E-state index is 5.98. The average molecular weight is 240 g/mol. The molecule has 1 aliphatic rings. The summed E-state index contributed by atoms with van der Waals surface area (Å²) in [6, 6.07) is 4.26. The molecule has 1 aromatic carbocycles. The molecule has 0 bridgehead atoms. The van der Waals surface area contributed by atoms with Crippen LogP contribution in [0.2, 0.25) is 0 Å². The summed E-state index contributed by atoms with van der Waals surface area (Å²) in [6.07, 6.45) is 3.97. The van der Waals surface area contributed by atoms with E-state index in [9.17, 15) is 0 Å². The first-order valence-electron chi connectivity index (χ1n) is 4.74. The predicted octanol–water partition coefficient (Wildman–Crippen LogP) is 3.61. The molecule has 1 aromatic rings. The van der Waals surface area contributed by atoms with E-state index in [-0.39, 0.29) is 0 Å². The van der Waals surface area contributed by atoms with E-state index in [1.54, 1.807) is 0 Å². The summed E-state index contributed by atoms with van der Waals surface area (Å²) < 4.78 is 1.18. The molecule has 0 atom stereocenters. The van der Waals surface area contributed by atoms with Gasteiger partial charge in [-0.05, 0) is 48.9 Å². The molecule has 0 spiro atoms. The Labute approximate surface area is 87.5 Å². The zero-order valence-electron chi connectivity index (χ0n) is 7.81. The second-order valence-electron chi connectivity index (χ2n) is 3.86. The minimum Gasteiger partial charge on any atom is -0.398 e. The Balaban J connectivity index is 2.39. The number of nitrogens with two attached hydrogens (primary N) is 1. The molecule has 0 aliphatic heterocycles. The zero-order valence-corrected chi connectivity index (χ0v) is 9.39. The van der Waals surface area contributed by atoms with Gasteiger partial charge in [-0.2, -0.15) is 0 Å². The molecule has 0 amide bonds. The van der Waals surface area contributed by atoms with Crippen LogP contribution in [-0.4, -0.2) is 0 Å². The minimum absolute atomic E-state index is 0.719. The van der Waals surface area contributed by atoms with Gasteiger partial charge in [-0.25, -0.2) is 0 Å². The van der Waals surface area contributed by atoms with Crippen LogP contribution in [0.5, 0.6) is 0 Å². The van der Waals surface area contributed by atoms with E-state index in [0.29, 0.717) is 0 Å². The van der Waals surface area contributed by atoms with Crippen molar-refractivity contribution < 1.29 is 0 Å². The van der Waals surface area contributed by atoms with Gasteiger partial charge >= 0.3 is 0 Å². The minimum atomic E-state index is 0.719. The summed E-state index contributed by atoms with van der Waals surface area (Å²) in [5.41, 5.74) is 9.50. The number of hydrogen-bond donors (Lipinski definition) is 1. The number of nitrogen functional groups attached to an aromatic ring is 1. The molecular weight excluding hydrogens is 226 g/mol. The molecule has 2 heteroatoms. The molecule has 1 nitrogen and oxygen atoms in total. The molecule has 70 valence electrons. The van der Waals surface area contributed by atoms with E-state index in [1.165, 1.54) is 34.9 Å². The van der Waals surface area contributed by atoms with Crippen molar-refractivity contribution >= 4 is 21.6 Å². The van der Waals surface area contributed by atoms with Crippen LogP contribution in [0.1, 0.15) is 36.3 Å². The van der Waals surface area contributed by atoms with E-state index in [4.69, 9.17) is 5.73 Å². The summed E-state index contributed by atoms with van der Waals surface area (Å²) >= 11 is 3.55. The van der Waals surface area contributed by atoms with Crippen LogP contribution < -0.4 is 5.73 Å². The molecule has 2 N–H and O–H groups in total. The lowest BCUT2D eigenvalue weighted by Crippen LogP contribution is -2.11. The quantitative estimate of drug-likeness (QED) is 0.745. The van der Waals surface area contributed by atoms with Crippen molar-refractivity contribution in [2.45, 2.75) is 32.1 Å². The second-order valence-corrected chi connectivity index (χ2v) is 4.71. The van der Waals surface area contributed by atoms with E-state index >= 15 is 0 Å². The van der Waals surface area contributed by atoms with Gasteiger partial charge in [0.1, 0.15) is 0 Å². The van der Waals surface area contributed by atoms with E-state index in [0.717, 1.165) is 11.6 Å². The molecule has 0 saturated heterocycles. The third kappa shape index (κ3) is 1.60. The van der Waals surface area contributed by atoms with E-state index in [1.807, 2.05) is 0 Å². The number of anilines is 1. The van der Waals surface area contributed by atoms with Crippen molar-refractivity contribution in [3.63, 3.8) is 0 Å². The van der Waals surface area contributed by atoms with Crippen LogP contribution in [0.25, 0.3) is 0 Å². The normalized spacial score (nSPS) is 17.1. The van der Waals surface area contributed by atoms with Gasteiger partial charge < -0.3 is 5.73 Å². The summed E-state index contributed by atoms with van der Waals surface area (Å²) in [4.78, 5) is 0. The van der Waals surface area contributed by atoms with Crippen LogP contribution in [0.3, 0.4) is 0 Å². The number of benzene rings is 1. The first-order valence-corrected chi connectivity index (χ1v) is 5.53. The first kappa shape index (κ1) is 9.07. The fourth-order valence-electron chi connectivity index (χ4n) is 1.79. The lowest BCUT2D eigenvalue weighted by molar-refractivity contribution is 0.420. The number of aryl methyl sites for hydroxylation is 1. The van der Waals surface area contributed by atoms with Gasteiger partial charge in [-0.1, -0.05) is 22.4 Å². The van der Waals surface area contributed by atoms with Crippen molar-refractivity contribution in [1.82, 2.24) is 0 Å². The van der Waals surface area contributed by atoms with Gasteiger partial charge in [0.05, 0.1) is 0 Å². The highest BCUT2D eigenvalue weighted by atomic mass is 79.9. The van der Waals surface area contributed by atoms with Crippen molar-refractivity contribution in [3.05, 3.63) is 27.7 Å². The lowest BCUT2D eigenvalue weighted by Gasteiger charge is -2.27. The molecule has 0 radical (unpaired) electrons. The Hall–Kier alpha value is -0.500. The monoisotopic (exact) mass is 239 g/mol. The van der Waals surface area contributed by atoms with Gasteiger partial charge in [0.2, 0.25) is 0 Å². The first-order chi connectivity index (χ1) is 6.18. The standard InChI is InChI=1S/C11H14BrN/c1-7-5-11(13)9(6-10(7)12)8-3-2-4-8/h5-6,8H,2-4,13H2,1H3. The summed E-state index contributed by atoms with van der Waals surface area (Å²) in [5, 5.41) is 0. The van der Waals surface area contributed by atoms with Gasteiger partial charge in [0.25, 0.3) is 0 Å². The number of halogens is 1. The van der Waals surface area contributed by atoms with Gasteiger partial charge in [0.15, 0.2) is 0 Å². The van der Waals surface area contributed by atoms with Crippen molar-refractivity contribution in [2.75, 3.05) is 5.73 Å². The molecule has 0 heterocycles. The van der Waals surface area contributed by atoms with Crippen molar-refractivity contribution in [2.24, 2.45) is 0 Å². The maximum Gasteiger partial charge on any atom is 0.0352 e. The fourth-order valence-corrected chi connectivity index (χ4v) is 2.15. The van der Waals surface area contributed by atoms with Crippen molar-refractivity contribution in [1.29, 1.82) is 0 Å².